The van der Waals surface area contributed by atoms with E-state index in [4.69, 9.17) is 4.74 Å². The summed E-state index contributed by atoms with van der Waals surface area (Å²) in [5.41, 5.74) is 0.861. The Bertz CT molecular complexity index is 1200. The van der Waals surface area contributed by atoms with Gasteiger partial charge in [0.25, 0.3) is 5.56 Å². The molecule has 8 heteroatoms. The van der Waals surface area contributed by atoms with Crippen LogP contribution in [0.5, 0.6) is 5.75 Å². The second-order valence-corrected chi connectivity index (χ2v) is 8.04. The van der Waals surface area contributed by atoms with Gasteiger partial charge in [-0.15, -0.1) is 0 Å². The van der Waals surface area contributed by atoms with Gasteiger partial charge in [-0.1, -0.05) is 12.1 Å². The van der Waals surface area contributed by atoms with Crippen LogP contribution >= 0.6 is 0 Å². The number of hydrogen-bond donors (Lipinski definition) is 1. The fourth-order valence-electron chi connectivity index (χ4n) is 3.80. The second kappa shape index (κ2) is 5.98. The van der Waals surface area contributed by atoms with Crippen LogP contribution in [0.25, 0.3) is 10.9 Å². The Morgan fingerprint density at radius 1 is 1.28 bits per heavy atom. The van der Waals surface area contributed by atoms with Crippen molar-refractivity contribution in [3.8, 4) is 5.75 Å². The van der Waals surface area contributed by atoms with Crippen LogP contribution in [0.1, 0.15) is 36.7 Å². The summed E-state index contributed by atoms with van der Waals surface area (Å²) in [4.78, 5) is 21.4. The molecule has 29 heavy (non-hydrogen) atoms. The Morgan fingerprint density at radius 2 is 2.07 bits per heavy atom. The number of hydrogen-bond acceptors (Lipinski definition) is 5. The second-order valence-electron chi connectivity index (χ2n) is 8.04. The zero-order valence-electron chi connectivity index (χ0n) is 16.1. The van der Waals surface area contributed by atoms with Gasteiger partial charge in [-0.25, -0.2) is 9.97 Å². The molecule has 1 saturated carbocycles. The molecule has 0 amide bonds. The Morgan fingerprint density at radius 3 is 2.83 bits per heavy atom. The lowest BCUT2D eigenvalue weighted by Crippen LogP contribution is -2.27. The van der Waals surface area contributed by atoms with Crippen LogP contribution in [0.4, 0.5) is 14.6 Å². The van der Waals surface area contributed by atoms with E-state index in [2.05, 4.69) is 15.3 Å². The molecule has 0 bridgehead atoms. The number of rotatable bonds is 4. The molecule has 0 unspecified atom stereocenters. The minimum atomic E-state index is -2.97. The van der Waals surface area contributed by atoms with Gasteiger partial charge in [0.1, 0.15) is 17.4 Å². The Kier molecular flexibility index (Phi) is 3.72. The number of nitrogens with zero attached hydrogens (tertiary/aromatic N) is 3. The summed E-state index contributed by atoms with van der Waals surface area (Å²) in [6.45, 7) is 3.43. The predicted octanol–water partition coefficient (Wildman–Crippen LogP) is 3.71. The van der Waals surface area contributed by atoms with Crippen LogP contribution in [0.2, 0.25) is 0 Å². The van der Waals surface area contributed by atoms with Crippen molar-refractivity contribution in [3.63, 3.8) is 0 Å². The van der Waals surface area contributed by atoms with Crippen molar-refractivity contribution in [1.82, 2.24) is 14.5 Å². The number of alkyl halides is 2. The highest BCUT2D eigenvalue weighted by atomic mass is 19.3. The number of anilines is 1. The molecule has 1 fully saturated rings. The van der Waals surface area contributed by atoms with Gasteiger partial charge < -0.3 is 14.6 Å². The zero-order chi connectivity index (χ0) is 20.4. The van der Waals surface area contributed by atoms with E-state index in [0.717, 1.165) is 18.2 Å². The SMILES string of the molecule is Cc1nc(NCc2cccc3c2OCC3(F)F)c2cn(C3(C)CC3)c(=O)cc2n1. The van der Waals surface area contributed by atoms with Crippen LogP contribution in [0.15, 0.2) is 35.3 Å². The van der Waals surface area contributed by atoms with Crippen LogP contribution in [-0.4, -0.2) is 21.1 Å². The third-order valence-corrected chi connectivity index (χ3v) is 5.73. The summed E-state index contributed by atoms with van der Waals surface area (Å²) < 4.78 is 34.9. The summed E-state index contributed by atoms with van der Waals surface area (Å²) in [6.07, 6.45) is 3.71. The number of para-hydroxylation sites is 1. The minimum Gasteiger partial charge on any atom is -0.486 e. The number of ether oxygens (including phenoxy) is 1. The molecule has 2 aliphatic rings. The third kappa shape index (κ3) is 2.94. The molecular formula is C21H20F2N4O2. The highest BCUT2D eigenvalue weighted by molar-refractivity contribution is 5.88. The molecular weight excluding hydrogens is 378 g/mol. The standard InChI is InChI=1S/C21H20F2N4O2/c1-12-25-16-8-17(28)27(20(2)6-7-20)10-14(16)19(26-12)24-9-13-4-3-5-15-18(13)29-11-21(15,22)23/h3-5,8,10H,6-7,9,11H2,1-2H3,(H,24,25,26). The molecule has 0 saturated heterocycles. The summed E-state index contributed by atoms with van der Waals surface area (Å²) >= 11 is 0. The number of fused-ring (bicyclic) bond motifs is 2. The van der Waals surface area contributed by atoms with Gasteiger partial charge in [0.15, 0.2) is 6.61 Å². The van der Waals surface area contributed by atoms with Crippen molar-refractivity contribution in [1.29, 1.82) is 0 Å². The Labute approximate surface area is 165 Å². The molecule has 1 N–H and O–H groups in total. The molecule has 6 nitrogen and oxygen atoms in total. The number of pyridine rings is 1. The smallest absolute Gasteiger partial charge is 0.310 e. The van der Waals surface area contributed by atoms with Crippen LogP contribution in [0, 0.1) is 6.92 Å². The molecule has 3 heterocycles. The van der Waals surface area contributed by atoms with E-state index in [1.54, 1.807) is 29.8 Å². The average molecular weight is 398 g/mol. The van der Waals surface area contributed by atoms with Crippen molar-refractivity contribution in [2.75, 3.05) is 11.9 Å². The third-order valence-electron chi connectivity index (χ3n) is 5.73. The molecule has 3 aromatic rings. The number of benzene rings is 1. The molecule has 0 radical (unpaired) electrons. The predicted molar refractivity (Wildman–Crippen MR) is 105 cm³/mol. The maximum absolute atomic E-state index is 13.9. The first kappa shape index (κ1) is 18.0. The first-order chi connectivity index (χ1) is 13.8. The van der Waals surface area contributed by atoms with Gasteiger partial charge in [0.2, 0.25) is 0 Å². The van der Waals surface area contributed by atoms with E-state index in [1.165, 1.54) is 12.1 Å². The van der Waals surface area contributed by atoms with Crippen molar-refractivity contribution in [2.45, 2.75) is 44.7 Å². The van der Waals surface area contributed by atoms with E-state index in [0.29, 0.717) is 22.7 Å². The maximum atomic E-state index is 13.9. The van der Waals surface area contributed by atoms with Crippen LogP contribution < -0.4 is 15.6 Å². The summed E-state index contributed by atoms with van der Waals surface area (Å²) in [7, 11) is 0. The lowest BCUT2D eigenvalue weighted by atomic mass is 10.1. The highest BCUT2D eigenvalue weighted by Gasteiger charge is 2.42. The van der Waals surface area contributed by atoms with Gasteiger partial charge in [-0.3, -0.25) is 4.79 Å². The monoisotopic (exact) mass is 398 g/mol. The molecule has 1 aromatic carbocycles. The highest BCUT2D eigenvalue weighted by Crippen LogP contribution is 2.44. The molecule has 1 aliphatic heterocycles. The maximum Gasteiger partial charge on any atom is 0.310 e. The molecule has 0 spiro atoms. The van der Waals surface area contributed by atoms with E-state index >= 15 is 0 Å². The van der Waals surface area contributed by atoms with E-state index in [-0.39, 0.29) is 29.0 Å². The van der Waals surface area contributed by atoms with E-state index < -0.39 is 12.5 Å². The molecule has 2 aromatic heterocycles. The molecule has 0 atom stereocenters. The topological polar surface area (TPSA) is 69.0 Å². The van der Waals surface area contributed by atoms with Gasteiger partial charge in [-0.2, -0.15) is 8.78 Å². The minimum absolute atomic E-state index is 0.0851. The lowest BCUT2D eigenvalue weighted by molar-refractivity contribution is -0.0214. The van der Waals surface area contributed by atoms with Gasteiger partial charge in [-0.05, 0) is 32.8 Å². The van der Waals surface area contributed by atoms with E-state index in [1.807, 2.05) is 6.92 Å². The lowest BCUT2D eigenvalue weighted by Gasteiger charge is -2.16. The van der Waals surface area contributed by atoms with Crippen LogP contribution in [0.3, 0.4) is 0 Å². The van der Waals surface area contributed by atoms with Crippen molar-refractivity contribution in [2.24, 2.45) is 0 Å². The fraction of sp³-hybridized carbons (Fsp3) is 0.381. The number of aryl methyl sites for hydroxylation is 1. The first-order valence-electron chi connectivity index (χ1n) is 9.55. The Balaban J connectivity index is 1.53. The quantitative estimate of drug-likeness (QED) is 0.726. The normalized spacial score (nSPS) is 18.3. The molecule has 1 aliphatic carbocycles. The number of aromatic nitrogens is 3. The summed E-state index contributed by atoms with van der Waals surface area (Å²) in [5.74, 6) is -1.66. The summed E-state index contributed by atoms with van der Waals surface area (Å²) in [6, 6.07) is 6.28. The average Bonchev–Trinajstić information content (AvgIpc) is 3.33. The van der Waals surface area contributed by atoms with Crippen LogP contribution in [-0.2, 0) is 18.0 Å². The molecule has 150 valence electrons. The van der Waals surface area contributed by atoms with Crippen molar-refractivity contribution in [3.05, 3.63) is 57.8 Å². The van der Waals surface area contributed by atoms with Gasteiger partial charge >= 0.3 is 5.92 Å². The first-order valence-corrected chi connectivity index (χ1v) is 9.55. The Hall–Kier alpha value is -3.03. The van der Waals surface area contributed by atoms with Crippen molar-refractivity contribution >= 4 is 16.7 Å². The largest absolute Gasteiger partial charge is 0.486 e. The number of halogens is 2. The van der Waals surface area contributed by atoms with Gasteiger partial charge in [0.05, 0.1) is 16.5 Å². The fourth-order valence-corrected chi connectivity index (χ4v) is 3.80. The zero-order valence-corrected chi connectivity index (χ0v) is 16.1. The van der Waals surface area contributed by atoms with E-state index in [9.17, 15) is 13.6 Å². The molecule has 5 rings (SSSR count). The van der Waals surface area contributed by atoms with Crippen molar-refractivity contribution < 1.29 is 13.5 Å². The number of nitrogens with one attached hydrogen (secondary N) is 1. The van der Waals surface area contributed by atoms with Gasteiger partial charge in [0, 0.05) is 29.9 Å². The summed E-state index contributed by atoms with van der Waals surface area (Å²) in [5, 5.41) is 3.95.